The van der Waals surface area contributed by atoms with Gasteiger partial charge in [-0.15, -0.1) is 13.2 Å². The number of nitrogens with one attached hydrogen (secondary N) is 2. The summed E-state index contributed by atoms with van der Waals surface area (Å²) in [6.45, 7) is 0. The molecule has 0 spiro atoms. The summed E-state index contributed by atoms with van der Waals surface area (Å²) in [4.78, 5) is 4.16. The first-order valence-corrected chi connectivity index (χ1v) is 6.18. The standard InChI is InChI=1S/C13H13F3N4O2/c1-17-7-10(18-2)12-19-11(20-22-12)8-3-5-9(6-4-8)21-13(14,15)16/h3-7,17-18H,1-2H3/b10-7-. The lowest BCUT2D eigenvalue weighted by Gasteiger charge is -2.08. The van der Waals surface area contributed by atoms with E-state index in [1.54, 1.807) is 20.3 Å². The van der Waals surface area contributed by atoms with Gasteiger partial charge >= 0.3 is 6.36 Å². The van der Waals surface area contributed by atoms with Crippen LogP contribution < -0.4 is 15.4 Å². The van der Waals surface area contributed by atoms with E-state index < -0.39 is 6.36 Å². The van der Waals surface area contributed by atoms with E-state index in [4.69, 9.17) is 4.52 Å². The molecule has 6 nitrogen and oxygen atoms in total. The Labute approximate surface area is 124 Å². The van der Waals surface area contributed by atoms with Crippen LogP contribution in [0.4, 0.5) is 13.2 Å². The summed E-state index contributed by atoms with van der Waals surface area (Å²) in [5, 5.41) is 9.48. The molecule has 2 N–H and O–H groups in total. The number of alkyl halides is 3. The molecule has 1 aromatic carbocycles. The van der Waals surface area contributed by atoms with E-state index >= 15 is 0 Å². The number of aromatic nitrogens is 2. The van der Waals surface area contributed by atoms with Crippen LogP contribution in [0.15, 0.2) is 35.0 Å². The molecule has 118 valence electrons. The van der Waals surface area contributed by atoms with Crippen LogP contribution in [-0.2, 0) is 0 Å². The lowest BCUT2D eigenvalue weighted by atomic mass is 10.2. The Bertz CT molecular complexity index is 650. The van der Waals surface area contributed by atoms with Gasteiger partial charge in [-0.25, -0.2) is 0 Å². The van der Waals surface area contributed by atoms with Crippen molar-refractivity contribution in [3.05, 3.63) is 36.4 Å². The molecule has 0 atom stereocenters. The van der Waals surface area contributed by atoms with E-state index in [1.807, 2.05) is 0 Å². The molecule has 0 aliphatic carbocycles. The van der Waals surface area contributed by atoms with Crippen LogP contribution in [-0.4, -0.2) is 30.6 Å². The predicted octanol–water partition coefficient (Wildman–Crippen LogP) is 2.37. The van der Waals surface area contributed by atoms with Gasteiger partial charge in [0.2, 0.25) is 5.82 Å². The molecule has 1 aromatic heterocycles. The van der Waals surface area contributed by atoms with Crippen LogP contribution in [0.3, 0.4) is 0 Å². The first-order chi connectivity index (χ1) is 10.4. The highest BCUT2D eigenvalue weighted by Gasteiger charge is 2.31. The maximum atomic E-state index is 12.1. The summed E-state index contributed by atoms with van der Waals surface area (Å²) < 4.78 is 45.1. The van der Waals surface area contributed by atoms with Crippen molar-refractivity contribution >= 4 is 5.70 Å². The van der Waals surface area contributed by atoms with E-state index in [0.29, 0.717) is 11.3 Å². The average Bonchev–Trinajstić information content (AvgIpc) is 2.93. The fourth-order valence-corrected chi connectivity index (χ4v) is 1.64. The number of ether oxygens (including phenoxy) is 1. The molecule has 0 saturated heterocycles. The Morgan fingerprint density at radius 3 is 2.45 bits per heavy atom. The third-order valence-corrected chi connectivity index (χ3v) is 2.56. The van der Waals surface area contributed by atoms with Gasteiger partial charge < -0.3 is 19.9 Å². The Balaban J connectivity index is 2.19. The highest BCUT2D eigenvalue weighted by atomic mass is 19.4. The van der Waals surface area contributed by atoms with E-state index in [1.165, 1.54) is 24.3 Å². The first kappa shape index (κ1) is 15.7. The fourth-order valence-electron chi connectivity index (χ4n) is 1.64. The monoisotopic (exact) mass is 314 g/mol. The van der Waals surface area contributed by atoms with Gasteiger partial charge in [0.1, 0.15) is 11.4 Å². The van der Waals surface area contributed by atoms with Gasteiger partial charge in [0.15, 0.2) is 0 Å². The number of hydrogen-bond donors (Lipinski definition) is 2. The van der Waals surface area contributed by atoms with Gasteiger partial charge in [-0.1, -0.05) is 5.16 Å². The van der Waals surface area contributed by atoms with Crippen molar-refractivity contribution in [2.75, 3.05) is 14.1 Å². The van der Waals surface area contributed by atoms with Crippen molar-refractivity contribution in [3.8, 4) is 17.1 Å². The third-order valence-electron chi connectivity index (χ3n) is 2.56. The molecule has 0 amide bonds. The zero-order chi connectivity index (χ0) is 16.2. The van der Waals surface area contributed by atoms with Crippen LogP contribution >= 0.6 is 0 Å². The summed E-state index contributed by atoms with van der Waals surface area (Å²) >= 11 is 0. The molecular formula is C13H13F3N4O2. The second kappa shape index (κ2) is 6.37. The molecule has 22 heavy (non-hydrogen) atoms. The number of nitrogens with zero attached hydrogens (tertiary/aromatic N) is 2. The molecule has 2 aromatic rings. The minimum atomic E-state index is -4.72. The number of rotatable bonds is 5. The molecule has 0 saturated carbocycles. The SMILES string of the molecule is CN/C=C(\NC)c1nc(-c2ccc(OC(F)(F)F)cc2)no1. The summed E-state index contributed by atoms with van der Waals surface area (Å²) in [6, 6.07) is 5.19. The van der Waals surface area contributed by atoms with Crippen molar-refractivity contribution < 1.29 is 22.4 Å². The van der Waals surface area contributed by atoms with E-state index in [2.05, 4.69) is 25.5 Å². The lowest BCUT2D eigenvalue weighted by molar-refractivity contribution is -0.274. The first-order valence-electron chi connectivity index (χ1n) is 6.18. The zero-order valence-electron chi connectivity index (χ0n) is 11.7. The van der Waals surface area contributed by atoms with Crippen molar-refractivity contribution in [1.29, 1.82) is 0 Å². The largest absolute Gasteiger partial charge is 0.573 e. The Morgan fingerprint density at radius 2 is 1.91 bits per heavy atom. The molecule has 9 heteroatoms. The quantitative estimate of drug-likeness (QED) is 0.883. The Hall–Kier alpha value is -2.71. The van der Waals surface area contributed by atoms with Crippen LogP contribution in [0.25, 0.3) is 17.1 Å². The van der Waals surface area contributed by atoms with Gasteiger partial charge in [-0.2, -0.15) is 4.98 Å². The number of hydrogen-bond acceptors (Lipinski definition) is 6. The summed E-state index contributed by atoms with van der Waals surface area (Å²) in [5.41, 5.74) is 1.09. The number of halogens is 3. The summed E-state index contributed by atoms with van der Waals surface area (Å²) in [6.07, 6.45) is -3.09. The minimum absolute atomic E-state index is 0.252. The molecule has 0 unspecified atom stereocenters. The molecule has 1 heterocycles. The van der Waals surface area contributed by atoms with Gasteiger partial charge in [0, 0.05) is 25.9 Å². The smallest absolute Gasteiger partial charge is 0.406 e. The third kappa shape index (κ3) is 3.90. The van der Waals surface area contributed by atoms with E-state index in [9.17, 15) is 13.2 Å². The number of benzene rings is 1. The lowest BCUT2D eigenvalue weighted by Crippen LogP contribution is -2.16. The topological polar surface area (TPSA) is 72.2 Å². The summed E-state index contributed by atoms with van der Waals surface area (Å²) in [7, 11) is 3.41. The maximum Gasteiger partial charge on any atom is 0.573 e. The van der Waals surface area contributed by atoms with Crippen LogP contribution in [0, 0.1) is 0 Å². The second-order valence-electron chi connectivity index (χ2n) is 4.09. The van der Waals surface area contributed by atoms with Gasteiger partial charge in [0.25, 0.3) is 5.89 Å². The van der Waals surface area contributed by atoms with Crippen LogP contribution in [0.2, 0.25) is 0 Å². The predicted molar refractivity (Wildman–Crippen MR) is 72.5 cm³/mol. The molecule has 0 bridgehead atoms. The highest BCUT2D eigenvalue weighted by Crippen LogP contribution is 2.25. The molecular weight excluding hydrogens is 301 g/mol. The van der Waals surface area contributed by atoms with Gasteiger partial charge in [0.05, 0.1) is 0 Å². The summed E-state index contributed by atoms with van der Waals surface area (Å²) in [5.74, 6) is 0.194. The Kier molecular flexibility index (Phi) is 4.54. The fraction of sp³-hybridized carbons (Fsp3) is 0.231. The van der Waals surface area contributed by atoms with Crippen molar-refractivity contribution in [2.45, 2.75) is 6.36 Å². The van der Waals surface area contributed by atoms with Gasteiger partial charge in [-0.3, -0.25) is 0 Å². The molecule has 0 aliphatic rings. The molecule has 2 rings (SSSR count). The molecule has 0 radical (unpaired) electrons. The van der Waals surface area contributed by atoms with Crippen molar-refractivity contribution in [3.63, 3.8) is 0 Å². The Morgan fingerprint density at radius 1 is 1.23 bits per heavy atom. The average molecular weight is 314 g/mol. The normalized spacial score (nSPS) is 12.1. The molecule has 0 aliphatic heterocycles. The van der Waals surface area contributed by atoms with Crippen LogP contribution in [0.5, 0.6) is 5.75 Å². The second-order valence-corrected chi connectivity index (χ2v) is 4.09. The van der Waals surface area contributed by atoms with Crippen LogP contribution in [0.1, 0.15) is 5.89 Å². The minimum Gasteiger partial charge on any atom is -0.406 e. The van der Waals surface area contributed by atoms with E-state index in [-0.39, 0.29) is 17.5 Å². The maximum absolute atomic E-state index is 12.1. The zero-order valence-corrected chi connectivity index (χ0v) is 11.7. The van der Waals surface area contributed by atoms with Crippen molar-refractivity contribution in [2.24, 2.45) is 0 Å². The highest BCUT2D eigenvalue weighted by molar-refractivity contribution is 5.60. The van der Waals surface area contributed by atoms with Gasteiger partial charge in [-0.05, 0) is 24.3 Å². The van der Waals surface area contributed by atoms with Crippen molar-refractivity contribution in [1.82, 2.24) is 20.8 Å². The molecule has 0 fully saturated rings. The van der Waals surface area contributed by atoms with E-state index in [0.717, 1.165) is 0 Å².